The highest BCUT2D eigenvalue weighted by molar-refractivity contribution is 7.13. The van der Waals surface area contributed by atoms with Crippen molar-refractivity contribution in [1.29, 1.82) is 0 Å². The molecule has 0 unspecified atom stereocenters. The number of hydrogen-bond donors (Lipinski definition) is 1. The number of hydrogen-bond acceptors (Lipinski definition) is 5. The molecule has 6 heteroatoms. The molecule has 1 heterocycles. The lowest BCUT2D eigenvalue weighted by Gasteiger charge is -2.14. The van der Waals surface area contributed by atoms with Gasteiger partial charge in [-0.2, -0.15) is 0 Å². The summed E-state index contributed by atoms with van der Waals surface area (Å²) >= 11 is 1.52. The van der Waals surface area contributed by atoms with Crippen molar-refractivity contribution < 1.29 is 14.6 Å². The van der Waals surface area contributed by atoms with Gasteiger partial charge in [-0.1, -0.05) is 0 Å². The van der Waals surface area contributed by atoms with E-state index in [0.29, 0.717) is 13.2 Å². The van der Waals surface area contributed by atoms with Crippen LogP contribution in [0.4, 0.5) is 0 Å². The molecule has 1 aromatic carbocycles. The predicted octanol–water partition coefficient (Wildman–Crippen LogP) is 2.20. The number of benzene rings is 1. The summed E-state index contributed by atoms with van der Waals surface area (Å²) < 4.78 is 5.42. The molecule has 0 spiro atoms. The summed E-state index contributed by atoms with van der Waals surface area (Å²) in [7, 11) is 1.68. The third kappa shape index (κ3) is 4.29. The van der Waals surface area contributed by atoms with Crippen LogP contribution in [0.3, 0.4) is 0 Å². The van der Waals surface area contributed by atoms with E-state index in [9.17, 15) is 4.79 Å². The van der Waals surface area contributed by atoms with E-state index in [1.165, 1.54) is 16.2 Å². The minimum atomic E-state index is -0.0439. The second-order valence-electron chi connectivity index (χ2n) is 4.82. The fourth-order valence-electron chi connectivity index (χ4n) is 1.95. The van der Waals surface area contributed by atoms with Crippen LogP contribution in [-0.4, -0.2) is 47.7 Å². The number of thiazole rings is 1. The Morgan fingerprint density at radius 1 is 1.36 bits per heavy atom. The van der Waals surface area contributed by atoms with Crippen LogP contribution in [0.25, 0.3) is 10.6 Å². The molecule has 2 aromatic rings. The second kappa shape index (κ2) is 7.91. The van der Waals surface area contributed by atoms with Gasteiger partial charge in [0.2, 0.25) is 5.91 Å². The number of aromatic nitrogens is 1. The lowest BCUT2D eigenvalue weighted by Crippen LogP contribution is -2.30. The summed E-state index contributed by atoms with van der Waals surface area (Å²) in [6.45, 7) is 2.90. The largest absolute Gasteiger partial charge is 0.494 e. The zero-order chi connectivity index (χ0) is 15.9. The van der Waals surface area contributed by atoms with Crippen LogP contribution in [-0.2, 0) is 11.2 Å². The first kappa shape index (κ1) is 16.5. The van der Waals surface area contributed by atoms with Crippen molar-refractivity contribution >= 4 is 17.2 Å². The number of nitrogens with zero attached hydrogens (tertiary/aromatic N) is 2. The Morgan fingerprint density at radius 2 is 2.09 bits per heavy atom. The van der Waals surface area contributed by atoms with Crippen molar-refractivity contribution in [3.63, 3.8) is 0 Å². The van der Waals surface area contributed by atoms with Crippen molar-refractivity contribution in [1.82, 2.24) is 9.88 Å². The highest BCUT2D eigenvalue weighted by Crippen LogP contribution is 2.26. The molecule has 1 N–H and O–H groups in total. The first-order valence-electron chi connectivity index (χ1n) is 7.16. The van der Waals surface area contributed by atoms with Crippen molar-refractivity contribution in [3.8, 4) is 16.3 Å². The average Bonchev–Trinajstić information content (AvgIpc) is 2.97. The minimum Gasteiger partial charge on any atom is -0.494 e. The van der Waals surface area contributed by atoms with Crippen LogP contribution in [0.2, 0.25) is 0 Å². The molecule has 0 aliphatic heterocycles. The van der Waals surface area contributed by atoms with E-state index >= 15 is 0 Å². The summed E-state index contributed by atoms with van der Waals surface area (Å²) in [6, 6.07) is 7.76. The zero-order valence-electron chi connectivity index (χ0n) is 12.8. The van der Waals surface area contributed by atoms with E-state index in [0.717, 1.165) is 22.0 Å². The van der Waals surface area contributed by atoms with Gasteiger partial charge in [-0.15, -0.1) is 11.3 Å². The van der Waals surface area contributed by atoms with Gasteiger partial charge < -0.3 is 14.7 Å². The third-order valence-corrected chi connectivity index (χ3v) is 4.10. The molecule has 0 bridgehead atoms. The van der Waals surface area contributed by atoms with Crippen molar-refractivity contribution in [2.24, 2.45) is 0 Å². The molecule has 0 aliphatic carbocycles. The molecule has 22 heavy (non-hydrogen) atoms. The lowest BCUT2D eigenvalue weighted by molar-refractivity contribution is -0.129. The number of aliphatic hydroxyl groups excluding tert-OH is 1. The van der Waals surface area contributed by atoms with E-state index < -0.39 is 0 Å². The van der Waals surface area contributed by atoms with E-state index in [4.69, 9.17) is 9.84 Å². The molecule has 0 fully saturated rings. The number of ether oxygens (including phenoxy) is 1. The number of carbonyl (C=O) groups excluding carboxylic acids is 1. The first-order valence-corrected chi connectivity index (χ1v) is 8.04. The van der Waals surface area contributed by atoms with Gasteiger partial charge in [0.05, 0.1) is 25.3 Å². The topological polar surface area (TPSA) is 62.7 Å². The molecule has 0 aliphatic rings. The molecular weight excluding hydrogens is 300 g/mol. The first-order chi connectivity index (χ1) is 10.6. The van der Waals surface area contributed by atoms with Gasteiger partial charge in [0.15, 0.2) is 0 Å². The summed E-state index contributed by atoms with van der Waals surface area (Å²) in [5, 5.41) is 11.6. The molecule has 2 rings (SSSR count). The normalized spacial score (nSPS) is 10.5. The molecule has 0 radical (unpaired) electrons. The number of carbonyl (C=O) groups is 1. The van der Waals surface area contributed by atoms with Crippen LogP contribution >= 0.6 is 11.3 Å². The van der Waals surface area contributed by atoms with Gasteiger partial charge >= 0.3 is 0 Å². The predicted molar refractivity (Wildman–Crippen MR) is 87.1 cm³/mol. The number of amides is 1. The Kier molecular flexibility index (Phi) is 5.91. The minimum absolute atomic E-state index is 0.0310. The van der Waals surface area contributed by atoms with Crippen molar-refractivity contribution in [3.05, 3.63) is 35.3 Å². The highest BCUT2D eigenvalue weighted by atomic mass is 32.1. The average molecular weight is 320 g/mol. The molecule has 1 aromatic heterocycles. The van der Waals surface area contributed by atoms with Crippen LogP contribution in [0.15, 0.2) is 29.6 Å². The van der Waals surface area contributed by atoms with E-state index in [1.807, 2.05) is 36.6 Å². The quantitative estimate of drug-likeness (QED) is 0.849. The highest BCUT2D eigenvalue weighted by Gasteiger charge is 2.12. The van der Waals surface area contributed by atoms with Gasteiger partial charge in [0.1, 0.15) is 10.8 Å². The lowest BCUT2D eigenvalue weighted by atomic mass is 10.2. The molecule has 0 saturated carbocycles. The monoisotopic (exact) mass is 320 g/mol. The Balaban J connectivity index is 2.03. The summed E-state index contributed by atoms with van der Waals surface area (Å²) in [6.07, 6.45) is 0.254. The standard InChI is InChI=1S/C16H20N2O3S/c1-3-21-14-6-4-12(5-7-14)16-17-13(11-22-16)10-15(20)18(2)8-9-19/h4-7,11,19H,3,8-10H2,1-2H3. The molecular formula is C16H20N2O3S. The molecule has 118 valence electrons. The van der Waals surface area contributed by atoms with Crippen molar-refractivity contribution in [2.45, 2.75) is 13.3 Å². The molecule has 0 saturated heterocycles. The Morgan fingerprint density at radius 3 is 2.73 bits per heavy atom. The van der Waals surface area contributed by atoms with Crippen LogP contribution < -0.4 is 4.74 Å². The number of rotatable bonds is 7. The maximum absolute atomic E-state index is 11.9. The Hall–Kier alpha value is -1.92. The SMILES string of the molecule is CCOc1ccc(-c2nc(CC(=O)N(C)CCO)cs2)cc1. The zero-order valence-corrected chi connectivity index (χ0v) is 13.6. The van der Waals surface area contributed by atoms with E-state index in [1.54, 1.807) is 7.05 Å². The fourth-order valence-corrected chi connectivity index (χ4v) is 2.77. The van der Waals surface area contributed by atoms with Gasteiger partial charge in [-0.3, -0.25) is 4.79 Å². The summed E-state index contributed by atoms with van der Waals surface area (Å²) in [5.74, 6) is 0.793. The number of likely N-dealkylation sites (N-methyl/N-ethyl adjacent to an activating group) is 1. The third-order valence-electron chi connectivity index (χ3n) is 3.16. The smallest absolute Gasteiger partial charge is 0.228 e. The Bertz CT molecular complexity index is 610. The molecule has 1 amide bonds. The number of aliphatic hydroxyl groups is 1. The van der Waals surface area contributed by atoms with Crippen LogP contribution in [0.1, 0.15) is 12.6 Å². The molecule has 5 nitrogen and oxygen atoms in total. The summed E-state index contributed by atoms with van der Waals surface area (Å²) in [5.41, 5.74) is 1.76. The van der Waals surface area contributed by atoms with Crippen LogP contribution in [0, 0.1) is 0 Å². The Labute approximate surface area is 134 Å². The summed E-state index contributed by atoms with van der Waals surface area (Å²) in [4.78, 5) is 17.9. The van der Waals surface area contributed by atoms with Gasteiger partial charge in [-0.05, 0) is 31.2 Å². The van der Waals surface area contributed by atoms with Gasteiger partial charge in [0, 0.05) is 24.5 Å². The van der Waals surface area contributed by atoms with E-state index in [-0.39, 0.29) is 18.9 Å². The van der Waals surface area contributed by atoms with E-state index in [2.05, 4.69) is 4.98 Å². The maximum atomic E-state index is 11.9. The van der Waals surface area contributed by atoms with Gasteiger partial charge in [-0.25, -0.2) is 4.98 Å². The molecule has 0 atom stereocenters. The van der Waals surface area contributed by atoms with Gasteiger partial charge in [0.25, 0.3) is 0 Å². The fraction of sp³-hybridized carbons (Fsp3) is 0.375. The second-order valence-corrected chi connectivity index (χ2v) is 5.68. The maximum Gasteiger partial charge on any atom is 0.228 e. The van der Waals surface area contributed by atoms with Crippen LogP contribution in [0.5, 0.6) is 5.75 Å². The van der Waals surface area contributed by atoms with Crippen molar-refractivity contribution in [2.75, 3.05) is 26.8 Å².